The molecule has 1 heterocycles. The topological polar surface area (TPSA) is 68.3 Å². The summed E-state index contributed by atoms with van der Waals surface area (Å²) in [7, 11) is 7.32. The zero-order valence-electron chi connectivity index (χ0n) is 21.1. The predicted octanol–water partition coefficient (Wildman–Crippen LogP) is 5.24. The highest BCUT2D eigenvalue weighted by atomic mass is 35.5. The Hall–Kier alpha value is -3.34. The molecule has 2 aliphatic carbocycles. The molecule has 190 valence electrons. The summed E-state index contributed by atoms with van der Waals surface area (Å²) in [6, 6.07) is 10.0. The zero-order valence-corrected chi connectivity index (χ0v) is 22.0. The van der Waals surface area contributed by atoms with Crippen LogP contribution in [0.25, 0.3) is 22.2 Å². The fourth-order valence-corrected chi connectivity index (χ4v) is 4.91. The largest absolute Gasteiger partial charge is 0.493 e. The molecule has 0 spiro atoms. The van der Waals surface area contributed by atoms with Gasteiger partial charge >= 0.3 is 0 Å². The van der Waals surface area contributed by atoms with E-state index >= 15 is 0 Å². The second kappa shape index (κ2) is 10.3. The number of likely N-dealkylation sites (N-methyl/N-ethyl adjacent to an activating group) is 1. The number of benzene rings is 2. The Kier molecular flexibility index (Phi) is 7.39. The molecule has 1 N–H and O–H groups in total. The van der Waals surface area contributed by atoms with E-state index in [2.05, 4.69) is 21.9 Å². The Morgan fingerprint density at radius 3 is 2.39 bits per heavy atom. The summed E-state index contributed by atoms with van der Waals surface area (Å²) in [5.41, 5.74) is 4.89. The van der Waals surface area contributed by atoms with Crippen molar-refractivity contribution >= 4 is 29.0 Å². The van der Waals surface area contributed by atoms with Gasteiger partial charge in [0.1, 0.15) is 18.1 Å². The van der Waals surface area contributed by atoms with E-state index in [4.69, 9.17) is 30.6 Å². The summed E-state index contributed by atoms with van der Waals surface area (Å²) in [5.74, 6) is 4.95. The van der Waals surface area contributed by atoms with E-state index in [-0.39, 0.29) is 12.4 Å². The van der Waals surface area contributed by atoms with Crippen LogP contribution in [0.5, 0.6) is 17.2 Å². The molecule has 0 atom stereocenters. The van der Waals surface area contributed by atoms with Gasteiger partial charge in [-0.25, -0.2) is 0 Å². The summed E-state index contributed by atoms with van der Waals surface area (Å²) in [5, 5.41) is 5.72. The van der Waals surface area contributed by atoms with Crippen molar-refractivity contribution in [3.8, 4) is 40.8 Å². The molecule has 0 radical (unpaired) electrons. The Morgan fingerprint density at radius 2 is 1.75 bits per heavy atom. The summed E-state index contributed by atoms with van der Waals surface area (Å²) in [6.07, 6.45) is 9.58. The van der Waals surface area contributed by atoms with E-state index in [9.17, 15) is 0 Å². The maximum Gasteiger partial charge on any atom is 0.197 e. The van der Waals surface area contributed by atoms with Gasteiger partial charge in [0.05, 0.1) is 19.9 Å². The van der Waals surface area contributed by atoms with Gasteiger partial charge in [0.15, 0.2) is 17.1 Å². The van der Waals surface area contributed by atoms with E-state index in [0.29, 0.717) is 18.1 Å². The van der Waals surface area contributed by atoms with Crippen molar-refractivity contribution in [3.05, 3.63) is 41.5 Å². The molecule has 0 saturated heterocycles. The van der Waals surface area contributed by atoms with Crippen molar-refractivity contribution in [2.24, 2.45) is 5.16 Å². The quantitative estimate of drug-likeness (QED) is 0.260. The molecule has 0 bridgehead atoms. The molecule has 2 aromatic carbocycles. The lowest BCUT2D eigenvalue weighted by Gasteiger charge is -2.20. The van der Waals surface area contributed by atoms with Crippen molar-refractivity contribution in [3.63, 3.8) is 0 Å². The molecule has 0 aliphatic heterocycles. The number of terminal acetylenes is 1. The minimum atomic E-state index is -0.654. The molecular formula is C28H32ClN3O4. The van der Waals surface area contributed by atoms with E-state index in [1.165, 1.54) is 0 Å². The molecule has 1 saturated carbocycles. The number of fused-ring (bicyclic) bond motifs is 5. The van der Waals surface area contributed by atoms with E-state index in [0.717, 1.165) is 77.0 Å². The standard InChI is InChI=1S/C28H31N3O4.ClH/c1-6-28(11-7-8-12-28)35-30-27-20-17-24(33-5)23(32-4)16-19(20)26-25(27)21-15-18(9-10-22(21)29-26)34-14-13-31(2)3;/h1,9-10,15-17,29H,7-8,11-14H2,2-5H3;1H. The number of rotatable bonds is 8. The van der Waals surface area contributed by atoms with Crippen LogP contribution in [0.1, 0.15) is 36.8 Å². The average molecular weight is 510 g/mol. The minimum Gasteiger partial charge on any atom is -0.493 e. The fourth-order valence-electron chi connectivity index (χ4n) is 4.91. The normalized spacial score (nSPS) is 16.4. The monoisotopic (exact) mass is 509 g/mol. The molecule has 0 unspecified atom stereocenters. The van der Waals surface area contributed by atoms with Gasteiger partial charge < -0.3 is 28.9 Å². The van der Waals surface area contributed by atoms with Gasteiger partial charge in [-0.3, -0.25) is 0 Å². The van der Waals surface area contributed by atoms with Crippen molar-refractivity contribution in [1.82, 2.24) is 9.88 Å². The van der Waals surface area contributed by atoms with Crippen LogP contribution in [0.2, 0.25) is 0 Å². The number of nitrogens with zero attached hydrogens (tertiary/aromatic N) is 2. The van der Waals surface area contributed by atoms with Crippen LogP contribution in [0.15, 0.2) is 35.5 Å². The van der Waals surface area contributed by atoms with Crippen molar-refractivity contribution < 1.29 is 19.0 Å². The zero-order chi connectivity index (χ0) is 24.6. The number of nitrogens with one attached hydrogen (secondary N) is 1. The number of ether oxygens (including phenoxy) is 3. The van der Waals surface area contributed by atoms with Crippen LogP contribution in [-0.2, 0) is 4.84 Å². The number of halogens is 1. The second-order valence-corrected chi connectivity index (χ2v) is 9.36. The van der Waals surface area contributed by atoms with E-state index in [1.54, 1.807) is 14.2 Å². The van der Waals surface area contributed by atoms with E-state index < -0.39 is 5.60 Å². The number of aromatic amines is 1. The molecule has 36 heavy (non-hydrogen) atoms. The average Bonchev–Trinajstić information content (AvgIpc) is 3.55. The maximum atomic E-state index is 6.14. The summed E-state index contributed by atoms with van der Waals surface area (Å²) < 4.78 is 17.2. The molecule has 1 aromatic heterocycles. The van der Waals surface area contributed by atoms with Crippen LogP contribution < -0.4 is 14.2 Å². The van der Waals surface area contributed by atoms with Crippen LogP contribution in [0, 0.1) is 12.3 Å². The Labute approximate surface area is 218 Å². The first-order chi connectivity index (χ1) is 17.0. The predicted molar refractivity (Wildman–Crippen MR) is 145 cm³/mol. The fraction of sp³-hybridized carbons (Fsp3) is 0.393. The molecular weight excluding hydrogens is 478 g/mol. The summed E-state index contributed by atoms with van der Waals surface area (Å²) in [6.45, 7) is 1.44. The highest BCUT2D eigenvalue weighted by Crippen LogP contribution is 2.46. The van der Waals surface area contributed by atoms with Crippen LogP contribution in [0.3, 0.4) is 0 Å². The molecule has 7 nitrogen and oxygen atoms in total. The lowest BCUT2D eigenvalue weighted by Crippen LogP contribution is -2.24. The number of H-pyrrole nitrogens is 1. The van der Waals surface area contributed by atoms with Gasteiger partial charge in [-0.15, -0.1) is 18.8 Å². The molecule has 8 heteroatoms. The van der Waals surface area contributed by atoms with E-state index in [1.807, 2.05) is 38.4 Å². The lowest BCUT2D eigenvalue weighted by atomic mass is 10.0. The molecule has 2 aliphatic rings. The first kappa shape index (κ1) is 25.7. The van der Waals surface area contributed by atoms with Gasteiger partial charge in [-0.05, 0) is 57.3 Å². The highest BCUT2D eigenvalue weighted by molar-refractivity contribution is 6.30. The Morgan fingerprint density at radius 1 is 1.06 bits per heavy atom. The number of hydrogen-bond donors (Lipinski definition) is 1. The van der Waals surface area contributed by atoms with Gasteiger partial charge in [0.2, 0.25) is 0 Å². The highest BCUT2D eigenvalue weighted by Gasteiger charge is 2.37. The third-order valence-corrected chi connectivity index (χ3v) is 6.85. The van der Waals surface area contributed by atoms with Gasteiger partial charge in [0, 0.05) is 47.0 Å². The smallest absolute Gasteiger partial charge is 0.197 e. The second-order valence-electron chi connectivity index (χ2n) is 9.36. The third kappa shape index (κ3) is 4.47. The van der Waals surface area contributed by atoms with Crippen molar-refractivity contribution in [2.75, 3.05) is 41.5 Å². The molecule has 3 aromatic rings. The maximum absolute atomic E-state index is 6.14. The first-order valence-corrected chi connectivity index (χ1v) is 11.9. The summed E-state index contributed by atoms with van der Waals surface area (Å²) in [4.78, 5) is 11.8. The SMILES string of the molecule is C#CC1(ON=C2c3cc(OC)c(OC)cc3-c3[nH]c4ccc(OCCN(C)C)cc4c32)CCCC1.Cl. The van der Waals surface area contributed by atoms with Crippen LogP contribution in [0.4, 0.5) is 0 Å². The van der Waals surface area contributed by atoms with Crippen molar-refractivity contribution in [1.29, 1.82) is 0 Å². The van der Waals surface area contributed by atoms with Gasteiger partial charge in [-0.2, -0.15) is 0 Å². The number of methoxy groups -OCH3 is 2. The Balaban J connectivity index is 0.00000304. The summed E-state index contributed by atoms with van der Waals surface area (Å²) >= 11 is 0. The van der Waals surface area contributed by atoms with Crippen LogP contribution >= 0.6 is 12.4 Å². The van der Waals surface area contributed by atoms with Crippen molar-refractivity contribution in [2.45, 2.75) is 31.3 Å². The van der Waals surface area contributed by atoms with Gasteiger partial charge in [0.25, 0.3) is 0 Å². The number of hydrogen-bond acceptors (Lipinski definition) is 6. The van der Waals surface area contributed by atoms with Crippen LogP contribution in [-0.4, -0.2) is 62.7 Å². The first-order valence-electron chi connectivity index (χ1n) is 11.9. The minimum absolute atomic E-state index is 0. The molecule has 0 amide bonds. The lowest BCUT2D eigenvalue weighted by molar-refractivity contribution is 0.00881. The van der Waals surface area contributed by atoms with Gasteiger partial charge in [-0.1, -0.05) is 11.1 Å². The number of oxime groups is 1. The molecule has 1 fully saturated rings. The third-order valence-electron chi connectivity index (χ3n) is 6.85. The number of aromatic nitrogens is 1. The molecule has 5 rings (SSSR count). The Bertz CT molecular complexity index is 1330.